The van der Waals surface area contributed by atoms with Crippen LogP contribution in [0.1, 0.15) is 38.8 Å². The third-order valence-electron chi connectivity index (χ3n) is 5.90. The van der Waals surface area contributed by atoms with Crippen molar-refractivity contribution in [2.45, 2.75) is 57.6 Å². The van der Waals surface area contributed by atoms with Crippen molar-refractivity contribution in [3.63, 3.8) is 0 Å². The molecule has 1 unspecified atom stereocenters. The summed E-state index contributed by atoms with van der Waals surface area (Å²) in [5, 5.41) is 3.35. The van der Waals surface area contributed by atoms with Gasteiger partial charge in [0.25, 0.3) is 10.0 Å². The molecule has 0 heterocycles. The maximum atomic E-state index is 13.9. The molecule has 7 nitrogen and oxygen atoms in total. The van der Waals surface area contributed by atoms with Crippen molar-refractivity contribution in [3.05, 3.63) is 95.0 Å². The van der Waals surface area contributed by atoms with Gasteiger partial charge in [-0.2, -0.15) is 0 Å². The summed E-state index contributed by atoms with van der Waals surface area (Å²) in [6.45, 7) is 8.57. The van der Waals surface area contributed by atoms with E-state index in [1.165, 1.54) is 17.0 Å². The van der Waals surface area contributed by atoms with E-state index in [1.54, 1.807) is 73.7 Å². The average molecular weight is 556 g/mol. The van der Waals surface area contributed by atoms with Crippen molar-refractivity contribution in [2.75, 3.05) is 10.8 Å². The number of anilines is 1. The summed E-state index contributed by atoms with van der Waals surface area (Å²) in [4.78, 5) is 28.4. The smallest absolute Gasteiger partial charge is 0.264 e. The zero-order valence-electron chi connectivity index (χ0n) is 22.3. The van der Waals surface area contributed by atoms with Crippen LogP contribution in [-0.2, 0) is 26.2 Å². The minimum absolute atomic E-state index is 0.0322. The summed E-state index contributed by atoms with van der Waals surface area (Å²) in [6.07, 6.45) is 0. The molecule has 3 rings (SSSR count). The maximum absolute atomic E-state index is 13.9. The van der Waals surface area contributed by atoms with E-state index in [9.17, 15) is 18.0 Å². The molecule has 1 atom stereocenters. The van der Waals surface area contributed by atoms with Crippen LogP contribution in [0.5, 0.6) is 0 Å². The number of halogens is 1. The topological polar surface area (TPSA) is 86.8 Å². The van der Waals surface area contributed by atoms with E-state index in [4.69, 9.17) is 11.6 Å². The largest absolute Gasteiger partial charge is 0.350 e. The molecule has 0 saturated heterocycles. The van der Waals surface area contributed by atoms with Gasteiger partial charge in [-0.05, 0) is 70.5 Å². The average Bonchev–Trinajstić information content (AvgIpc) is 2.86. The Hall–Kier alpha value is -3.36. The van der Waals surface area contributed by atoms with Crippen molar-refractivity contribution in [1.82, 2.24) is 10.2 Å². The zero-order valence-corrected chi connectivity index (χ0v) is 23.9. The van der Waals surface area contributed by atoms with Gasteiger partial charge in [0.1, 0.15) is 12.6 Å². The first-order valence-corrected chi connectivity index (χ1v) is 14.1. The molecular formula is C29H34ClN3O4S. The molecule has 0 saturated carbocycles. The van der Waals surface area contributed by atoms with Crippen molar-refractivity contribution in [1.29, 1.82) is 0 Å². The van der Waals surface area contributed by atoms with Gasteiger partial charge >= 0.3 is 0 Å². The lowest BCUT2D eigenvalue weighted by atomic mass is 10.1. The first-order valence-electron chi connectivity index (χ1n) is 12.3. The molecule has 38 heavy (non-hydrogen) atoms. The lowest BCUT2D eigenvalue weighted by Gasteiger charge is -2.33. The highest BCUT2D eigenvalue weighted by molar-refractivity contribution is 7.92. The lowest BCUT2D eigenvalue weighted by Crippen LogP contribution is -2.54. The molecule has 9 heteroatoms. The zero-order chi connectivity index (χ0) is 28.1. The second-order valence-corrected chi connectivity index (χ2v) is 12.5. The molecule has 0 aliphatic rings. The summed E-state index contributed by atoms with van der Waals surface area (Å²) < 4.78 is 28.6. The van der Waals surface area contributed by atoms with E-state index in [1.807, 2.05) is 27.7 Å². The van der Waals surface area contributed by atoms with E-state index < -0.39 is 34.1 Å². The summed E-state index contributed by atoms with van der Waals surface area (Å²) in [5.74, 6) is -0.897. The molecule has 2 amide bonds. The highest BCUT2D eigenvalue weighted by atomic mass is 35.5. The van der Waals surface area contributed by atoms with Crippen LogP contribution in [0.4, 0.5) is 5.69 Å². The van der Waals surface area contributed by atoms with Gasteiger partial charge in [-0.15, -0.1) is 0 Å². The van der Waals surface area contributed by atoms with Gasteiger partial charge in [-0.3, -0.25) is 13.9 Å². The molecule has 0 bridgehead atoms. The minimum Gasteiger partial charge on any atom is -0.350 e. The van der Waals surface area contributed by atoms with E-state index in [0.717, 1.165) is 9.87 Å². The third-order valence-corrected chi connectivity index (χ3v) is 8.05. The number of aryl methyl sites for hydroxylation is 1. The number of rotatable bonds is 9. The number of nitrogens with one attached hydrogen (secondary N) is 1. The molecule has 0 fully saturated rings. The van der Waals surface area contributed by atoms with Crippen LogP contribution in [0.2, 0.25) is 5.02 Å². The summed E-state index contributed by atoms with van der Waals surface area (Å²) in [6, 6.07) is 21.1. The Balaban J connectivity index is 2.02. The first-order chi connectivity index (χ1) is 17.8. The molecule has 1 N–H and O–H groups in total. The first kappa shape index (κ1) is 29.2. The lowest BCUT2D eigenvalue weighted by molar-refractivity contribution is -0.140. The third kappa shape index (κ3) is 7.36. The number of hydrogen-bond donors (Lipinski definition) is 1. The monoisotopic (exact) mass is 555 g/mol. The van der Waals surface area contributed by atoms with Crippen molar-refractivity contribution < 1.29 is 18.0 Å². The number of carbonyl (C=O) groups excluding carboxylic acids is 2. The molecule has 202 valence electrons. The molecule has 3 aromatic rings. The van der Waals surface area contributed by atoms with Crippen LogP contribution in [0.25, 0.3) is 0 Å². The molecule has 0 aliphatic heterocycles. The predicted molar refractivity (Wildman–Crippen MR) is 152 cm³/mol. The van der Waals surface area contributed by atoms with Gasteiger partial charge in [0.15, 0.2) is 0 Å². The van der Waals surface area contributed by atoms with Gasteiger partial charge in [-0.25, -0.2) is 8.42 Å². The Morgan fingerprint density at radius 2 is 1.50 bits per heavy atom. The van der Waals surface area contributed by atoms with E-state index >= 15 is 0 Å². The normalized spacial score (nSPS) is 12.5. The number of para-hydroxylation sites is 1. The van der Waals surface area contributed by atoms with E-state index in [2.05, 4.69) is 5.32 Å². The predicted octanol–water partition coefficient (Wildman–Crippen LogP) is 5.18. The molecule has 0 aromatic heterocycles. The number of benzene rings is 3. The van der Waals surface area contributed by atoms with Gasteiger partial charge in [-0.1, -0.05) is 65.7 Å². The highest BCUT2D eigenvalue weighted by Gasteiger charge is 2.33. The van der Waals surface area contributed by atoms with Gasteiger partial charge in [0.2, 0.25) is 11.8 Å². The Labute approximate surface area is 230 Å². The second-order valence-electron chi connectivity index (χ2n) is 10.2. The number of nitrogens with zero attached hydrogens (tertiary/aromatic N) is 2. The van der Waals surface area contributed by atoms with Crippen LogP contribution in [0.15, 0.2) is 83.8 Å². The van der Waals surface area contributed by atoms with Gasteiger partial charge < -0.3 is 10.2 Å². The Kier molecular flexibility index (Phi) is 9.22. The maximum Gasteiger partial charge on any atom is 0.264 e. The Morgan fingerprint density at radius 3 is 2.08 bits per heavy atom. The highest BCUT2D eigenvalue weighted by Crippen LogP contribution is 2.25. The minimum atomic E-state index is -4.10. The fourth-order valence-electron chi connectivity index (χ4n) is 3.83. The van der Waals surface area contributed by atoms with Crippen LogP contribution < -0.4 is 9.62 Å². The fraction of sp³-hybridized carbons (Fsp3) is 0.310. The van der Waals surface area contributed by atoms with Crippen molar-refractivity contribution in [3.8, 4) is 0 Å². The second kappa shape index (κ2) is 12.0. The van der Waals surface area contributed by atoms with Gasteiger partial charge in [0, 0.05) is 17.1 Å². The summed E-state index contributed by atoms with van der Waals surface area (Å²) in [7, 11) is -4.10. The van der Waals surface area contributed by atoms with Gasteiger partial charge in [0.05, 0.1) is 10.6 Å². The molecule has 0 radical (unpaired) electrons. The van der Waals surface area contributed by atoms with Crippen LogP contribution in [-0.4, -0.2) is 43.3 Å². The van der Waals surface area contributed by atoms with Crippen molar-refractivity contribution in [2.24, 2.45) is 0 Å². The molecule has 3 aromatic carbocycles. The quantitative estimate of drug-likeness (QED) is 0.394. The van der Waals surface area contributed by atoms with Crippen LogP contribution in [0, 0.1) is 6.92 Å². The van der Waals surface area contributed by atoms with Crippen molar-refractivity contribution >= 4 is 39.1 Å². The molecule has 0 aliphatic carbocycles. The summed E-state index contributed by atoms with van der Waals surface area (Å²) >= 11 is 6.39. The Morgan fingerprint density at radius 1 is 0.921 bits per heavy atom. The SMILES string of the molecule is Cc1ccc(S(=O)(=O)N(CC(=O)N(Cc2ccccc2Cl)C(C)C(=O)NC(C)(C)C)c2ccccc2)cc1. The number of carbonyl (C=O) groups is 2. The standard InChI is InChI=1S/C29H34ClN3O4S/c1-21-15-17-25(18-16-21)38(36,37)33(24-12-7-6-8-13-24)20-27(34)32(19-23-11-9-10-14-26(23)30)22(2)28(35)31-29(3,4)5/h6-18,22H,19-20H2,1-5H3,(H,31,35). The molecular weight excluding hydrogens is 522 g/mol. The fourth-order valence-corrected chi connectivity index (χ4v) is 5.44. The van der Waals surface area contributed by atoms with Crippen LogP contribution >= 0.6 is 11.6 Å². The Bertz CT molecular complexity index is 1370. The molecule has 0 spiro atoms. The summed E-state index contributed by atoms with van der Waals surface area (Å²) in [5.41, 5.74) is 1.38. The van der Waals surface area contributed by atoms with E-state index in [-0.39, 0.29) is 17.3 Å². The van der Waals surface area contributed by atoms with Crippen LogP contribution in [0.3, 0.4) is 0 Å². The number of amides is 2. The number of sulfonamides is 1. The number of hydrogen-bond acceptors (Lipinski definition) is 4. The van der Waals surface area contributed by atoms with E-state index in [0.29, 0.717) is 16.3 Å².